The van der Waals surface area contributed by atoms with Crippen molar-refractivity contribution >= 4 is 34.8 Å². The second kappa shape index (κ2) is 12.3. The Bertz CT molecular complexity index is 2260. The third-order valence-electron chi connectivity index (χ3n) is 11.9. The summed E-state index contributed by atoms with van der Waals surface area (Å²) < 4.78 is 0. The summed E-state index contributed by atoms with van der Waals surface area (Å²) >= 11 is 0. The Morgan fingerprint density at radius 3 is 1.38 bits per heavy atom. The van der Waals surface area contributed by atoms with Crippen molar-refractivity contribution in [2.45, 2.75) is 43.3 Å². The van der Waals surface area contributed by atoms with Gasteiger partial charge < -0.3 is 0 Å². The van der Waals surface area contributed by atoms with Crippen LogP contribution in [0.25, 0.3) is 21.5 Å². The molecule has 0 radical (unpaired) electrons. The van der Waals surface area contributed by atoms with E-state index in [1.807, 2.05) is 0 Å². The summed E-state index contributed by atoms with van der Waals surface area (Å²) in [4.78, 5) is 0. The summed E-state index contributed by atoms with van der Waals surface area (Å²) in [5.74, 6) is 0.403. The third kappa shape index (κ3) is 4.79. The van der Waals surface area contributed by atoms with Gasteiger partial charge in [-0.05, 0) is 68.8 Å². The van der Waals surface area contributed by atoms with Gasteiger partial charge in [0.05, 0.1) is 0 Å². The van der Waals surface area contributed by atoms with Gasteiger partial charge in [0.1, 0.15) is 8.07 Å². The van der Waals surface area contributed by atoms with E-state index in [9.17, 15) is 0 Å². The molecule has 0 aliphatic heterocycles. The highest BCUT2D eigenvalue weighted by Crippen LogP contribution is 2.58. The standard InChI is InChI=1S/C49H42Si/c1-33-31-46-42(40-29-15-19-35-17-7-9-23-38(35)40)25-11-13-27-44(46)48(33)50(3,37-21-5-4-6-22-37)49-34(2)32-47-43(26-12-14-28-45(47)49)41-30-16-20-36-18-8-10-24-39(36)41/h4-32,42-43,48-49H,1-3H3. The van der Waals surface area contributed by atoms with E-state index in [1.54, 1.807) is 0 Å². The molecule has 50 heavy (non-hydrogen) atoms. The van der Waals surface area contributed by atoms with Crippen LogP contribution in [0.15, 0.2) is 209 Å². The van der Waals surface area contributed by atoms with Crippen LogP contribution in [0.3, 0.4) is 0 Å². The van der Waals surface area contributed by atoms with Crippen molar-refractivity contribution in [3.05, 3.63) is 221 Å². The molecular weight excluding hydrogens is 617 g/mol. The molecule has 0 N–H and O–H groups in total. The molecule has 0 saturated carbocycles. The van der Waals surface area contributed by atoms with Crippen LogP contribution >= 0.6 is 0 Å². The highest BCUT2D eigenvalue weighted by Gasteiger charge is 2.52. The summed E-state index contributed by atoms with van der Waals surface area (Å²) in [7, 11) is -2.43. The van der Waals surface area contributed by atoms with Crippen molar-refractivity contribution in [3.8, 4) is 0 Å². The smallest absolute Gasteiger partial charge is 0.0726 e. The van der Waals surface area contributed by atoms with E-state index in [4.69, 9.17) is 0 Å². The Hall–Kier alpha value is -5.24. The second-order valence-corrected chi connectivity index (χ2v) is 19.0. The molecule has 4 aliphatic carbocycles. The number of hydrogen-bond donors (Lipinski definition) is 0. The van der Waals surface area contributed by atoms with Crippen molar-refractivity contribution in [1.82, 2.24) is 0 Å². The van der Waals surface area contributed by atoms with E-state index in [2.05, 4.69) is 196 Å². The van der Waals surface area contributed by atoms with Gasteiger partial charge in [-0.2, -0.15) is 0 Å². The van der Waals surface area contributed by atoms with E-state index in [-0.39, 0.29) is 11.8 Å². The lowest BCUT2D eigenvalue weighted by molar-refractivity contribution is 0.993. The zero-order valence-electron chi connectivity index (χ0n) is 29.1. The van der Waals surface area contributed by atoms with E-state index in [0.29, 0.717) is 11.1 Å². The van der Waals surface area contributed by atoms with Gasteiger partial charge in [-0.25, -0.2) is 0 Å². The van der Waals surface area contributed by atoms with E-state index < -0.39 is 8.07 Å². The molecule has 5 aromatic carbocycles. The summed E-state index contributed by atoms with van der Waals surface area (Å²) in [6, 6.07) is 42.9. The van der Waals surface area contributed by atoms with Crippen LogP contribution in [-0.2, 0) is 0 Å². The molecule has 0 nitrogen and oxygen atoms in total. The van der Waals surface area contributed by atoms with Crippen molar-refractivity contribution in [2.24, 2.45) is 0 Å². The Labute approximate surface area is 297 Å². The zero-order valence-corrected chi connectivity index (χ0v) is 30.1. The summed E-state index contributed by atoms with van der Waals surface area (Å²) in [6.07, 6.45) is 24.0. The molecule has 0 spiro atoms. The summed E-state index contributed by atoms with van der Waals surface area (Å²) in [5.41, 5.74) is 12.4. The molecular formula is C49H42Si. The van der Waals surface area contributed by atoms with Gasteiger partial charge in [-0.15, -0.1) is 0 Å². The lowest BCUT2D eigenvalue weighted by Crippen LogP contribution is -2.54. The van der Waals surface area contributed by atoms with Crippen molar-refractivity contribution in [3.63, 3.8) is 0 Å². The van der Waals surface area contributed by atoms with Gasteiger partial charge >= 0.3 is 0 Å². The predicted octanol–water partition coefficient (Wildman–Crippen LogP) is 12.4. The van der Waals surface area contributed by atoms with Crippen molar-refractivity contribution < 1.29 is 0 Å². The predicted molar refractivity (Wildman–Crippen MR) is 217 cm³/mol. The minimum Gasteiger partial charge on any atom is -0.0726 e. The molecule has 9 rings (SSSR count). The van der Waals surface area contributed by atoms with Crippen LogP contribution in [-0.4, -0.2) is 8.07 Å². The normalized spacial score (nSPS) is 23.8. The summed E-state index contributed by atoms with van der Waals surface area (Å²) in [6.45, 7) is 7.52. The maximum absolute atomic E-state index is 2.69. The van der Waals surface area contributed by atoms with Crippen LogP contribution in [0.2, 0.25) is 17.6 Å². The third-order valence-corrected chi connectivity index (χ3v) is 17.4. The fourth-order valence-electron chi connectivity index (χ4n) is 9.92. The zero-order chi connectivity index (χ0) is 33.8. The second-order valence-electron chi connectivity index (χ2n) is 14.7. The monoisotopic (exact) mass is 658 g/mol. The van der Waals surface area contributed by atoms with E-state index in [0.717, 1.165) is 0 Å². The molecule has 0 amide bonds. The SMILES string of the molecule is CC1=CC2=C(C=CC=CC2c2cccc3ccccc23)C1[Si](C)(c1ccccc1)C1C(C)=CC2=C1C=CC=CC2c1cccc2ccccc12. The Balaban J connectivity index is 1.23. The molecule has 4 unspecified atom stereocenters. The van der Waals surface area contributed by atoms with E-state index in [1.165, 1.54) is 71.3 Å². The number of allylic oxidation sites excluding steroid dienone is 16. The first-order chi connectivity index (χ1) is 24.5. The first-order valence-corrected chi connectivity index (χ1v) is 20.7. The van der Waals surface area contributed by atoms with Crippen LogP contribution < -0.4 is 5.19 Å². The number of hydrogen-bond acceptors (Lipinski definition) is 0. The molecule has 0 saturated heterocycles. The van der Waals surface area contributed by atoms with Gasteiger partial charge in [-0.1, -0.05) is 199 Å². The van der Waals surface area contributed by atoms with Crippen LogP contribution in [0.4, 0.5) is 0 Å². The maximum atomic E-state index is 2.69. The number of fused-ring (bicyclic) bond motifs is 2. The fraction of sp³-hybridized carbons (Fsp3) is 0.143. The molecule has 0 heterocycles. The fourth-order valence-corrected chi connectivity index (χ4v) is 15.7. The number of rotatable bonds is 5. The first-order valence-electron chi connectivity index (χ1n) is 18.1. The average molecular weight is 659 g/mol. The van der Waals surface area contributed by atoms with Crippen molar-refractivity contribution in [1.29, 1.82) is 0 Å². The van der Waals surface area contributed by atoms with Gasteiger partial charge in [0.2, 0.25) is 0 Å². The Morgan fingerprint density at radius 2 is 0.880 bits per heavy atom. The first kappa shape index (κ1) is 30.8. The largest absolute Gasteiger partial charge is 0.106 e. The maximum Gasteiger partial charge on any atom is 0.106 e. The molecule has 0 aromatic heterocycles. The molecule has 4 atom stereocenters. The van der Waals surface area contributed by atoms with E-state index >= 15 is 0 Å². The molecule has 242 valence electrons. The molecule has 1 heteroatoms. The Morgan fingerprint density at radius 1 is 0.440 bits per heavy atom. The Kier molecular flexibility index (Phi) is 7.55. The summed E-state index contributed by atoms with van der Waals surface area (Å²) in [5, 5.41) is 6.82. The van der Waals surface area contributed by atoms with Crippen LogP contribution in [0, 0.1) is 0 Å². The van der Waals surface area contributed by atoms with Crippen LogP contribution in [0.1, 0.15) is 36.8 Å². The van der Waals surface area contributed by atoms with Gasteiger partial charge in [0.25, 0.3) is 0 Å². The lowest BCUT2D eigenvalue weighted by atomic mass is 9.86. The molecule has 4 aliphatic rings. The average Bonchev–Trinajstić information content (AvgIpc) is 3.48. The molecule has 0 fully saturated rings. The van der Waals surface area contributed by atoms with Gasteiger partial charge in [0.15, 0.2) is 0 Å². The minimum absolute atomic E-state index is 0.202. The van der Waals surface area contributed by atoms with Crippen molar-refractivity contribution in [2.75, 3.05) is 0 Å². The highest BCUT2D eigenvalue weighted by molar-refractivity contribution is 6.95. The molecule has 5 aromatic rings. The topological polar surface area (TPSA) is 0 Å². The lowest BCUT2D eigenvalue weighted by Gasteiger charge is -2.43. The quantitative estimate of drug-likeness (QED) is 0.165. The van der Waals surface area contributed by atoms with Gasteiger partial charge in [0, 0.05) is 22.9 Å². The minimum atomic E-state index is -2.43. The number of benzene rings is 5. The van der Waals surface area contributed by atoms with Crippen LogP contribution in [0.5, 0.6) is 0 Å². The van der Waals surface area contributed by atoms with Gasteiger partial charge in [-0.3, -0.25) is 0 Å². The molecule has 0 bridgehead atoms. The highest BCUT2D eigenvalue weighted by atomic mass is 28.3.